The molecule has 0 heterocycles. The van der Waals surface area contributed by atoms with Crippen LogP contribution >= 0.6 is 0 Å². The van der Waals surface area contributed by atoms with Crippen molar-refractivity contribution in [2.24, 2.45) is 11.3 Å². The van der Waals surface area contributed by atoms with Gasteiger partial charge in [-0.1, -0.05) is 33.1 Å². The first kappa shape index (κ1) is 14.8. The van der Waals surface area contributed by atoms with Crippen LogP contribution in [-0.4, -0.2) is 24.8 Å². The average Bonchev–Trinajstić information content (AvgIpc) is 2.62. The molecule has 3 nitrogen and oxygen atoms in total. The normalized spacial score (nSPS) is 38.0. The highest BCUT2D eigenvalue weighted by Gasteiger charge is 2.49. The fraction of sp³-hybridized carbons (Fsp3) is 0.938. The van der Waals surface area contributed by atoms with Crippen molar-refractivity contribution in [3.63, 3.8) is 0 Å². The fourth-order valence-corrected chi connectivity index (χ4v) is 3.57. The fourth-order valence-electron chi connectivity index (χ4n) is 3.57. The molecule has 3 heteroatoms. The zero-order chi connectivity index (χ0) is 13.9. The van der Waals surface area contributed by atoms with Crippen molar-refractivity contribution < 1.29 is 4.74 Å². The molecular weight excluding hydrogens is 236 g/mol. The Labute approximate surface area is 117 Å². The molecule has 108 valence electrons. The van der Waals surface area contributed by atoms with Crippen LogP contribution in [0.25, 0.3) is 0 Å². The molecule has 0 aromatic rings. The van der Waals surface area contributed by atoms with Gasteiger partial charge >= 0.3 is 0 Å². The highest BCUT2D eigenvalue weighted by molar-refractivity contribution is 5.05. The molecule has 0 radical (unpaired) electrons. The minimum atomic E-state index is 0.197. The van der Waals surface area contributed by atoms with Gasteiger partial charge in [0, 0.05) is 24.1 Å². The van der Waals surface area contributed by atoms with Crippen LogP contribution < -0.4 is 5.32 Å². The number of nitrogens with one attached hydrogen (secondary N) is 1. The van der Waals surface area contributed by atoms with Crippen LogP contribution in [0.15, 0.2) is 0 Å². The van der Waals surface area contributed by atoms with Gasteiger partial charge in [0.05, 0.1) is 18.1 Å². The number of rotatable bonds is 4. The van der Waals surface area contributed by atoms with Crippen LogP contribution in [0.3, 0.4) is 0 Å². The molecule has 1 N–H and O–H groups in total. The van der Waals surface area contributed by atoms with Gasteiger partial charge in [0.15, 0.2) is 0 Å². The van der Waals surface area contributed by atoms with Gasteiger partial charge < -0.3 is 10.1 Å². The van der Waals surface area contributed by atoms with E-state index < -0.39 is 0 Å². The lowest BCUT2D eigenvalue weighted by Crippen LogP contribution is -2.63. The Morgan fingerprint density at radius 2 is 2.00 bits per heavy atom. The summed E-state index contributed by atoms with van der Waals surface area (Å²) in [5.74, 6) is 0.199. The van der Waals surface area contributed by atoms with Crippen LogP contribution in [0.2, 0.25) is 0 Å². The second kappa shape index (κ2) is 6.24. The summed E-state index contributed by atoms with van der Waals surface area (Å²) in [4.78, 5) is 0. The first-order chi connectivity index (χ1) is 9.09. The van der Waals surface area contributed by atoms with Crippen LogP contribution in [0.5, 0.6) is 0 Å². The molecule has 0 bridgehead atoms. The van der Waals surface area contributed by atoms with E-state index in [0.29, 0.717) is 18.2 Å². The van der Waals surface area contributed by atoms with E-state index in [4.69, 9.17) is 4.74 Å². The molecule has 0 spiro atoms. The molecule has 0 aromatic carbocycles. The Hall–Kier alpha value is -0.590. The SMILES string of the molecule is CCOC1CC(NC2CCCCCC2C#N)C1(C)C. The number of hydrogen-bond acceptors (Lipinski definition) is 3. The lowest BCUT2D eigenvalue weighted by atomic mass is 9.64. The summed E-state index contributed by atoms with van der Waals surface area (Å²) in [6, 6.07) is 3.41. The van der Waals surface area contributed by atoms with Crippen LogP contribution in [-0.2, 0) is 4.74 Å². The third-order valence-electron chi connectivity index (χ3n) is 5.14. The van der Waals surface area contributed by atoms with Gasteiger partial charge in [0.25, 0.3) is 0 Å². The smallest absolute Gasteiger partial charge is 0.0672 e. The quantitative estimate of drug-likeness (QED) is 0.793. The van der Waals surface area contributed by atoms with Gasteiger partial charge in [-0.2, -0.15) is 5.26 Å². The van der Waals surface area contributed by atoms with Crippen molar-refractivity contribution in [1.29, 1.82) is 5.26 Å². The van der Waals surface area contributed by atoms with Crippen LogP contribution in [0.4, 0.5) is 0 Å². The summed E-state index contributed by atoms with van der Waals surface area (Å²) >= 11 is 0. The highest BCUT2D eigenvalue weighted by Crippen LogP contribution is 2.43. The van der Waals surface area contributed by atoms with Crippen molar-refractivity contribution in [3.8, 4) is 6.07 Å². The predicted molar refractivity (Wildman–Crippen MR) is 76.7 cm³/mol. The van der Waals surface area contributed by atoms with Crippen molar-refractivity contribution in [2.75, 3.05) is 6.61 Å². The van der Waals surface area contributed by atoms with E-state index in [-0.39, 0.29) is 11.3 Å². The molecule has 2 rings (SSSR count). The molecule has 4 atom stereocenters. The van der Waals surface area contributed by atoms with E-state index in [1.54, 1.807) is 0 Å². The van der Waals surface area contributed by atoms with E-state index in [1.807, 2.05) is 0 Å². The predicted octanol–water partition coefficient (Wildman–Crippen LogP) is 3.25. The van der Waals surface area contributed by atoms with E-state index >= 15 is 0 Å². The van der Waals surface area contributed by atoms with Gasteiger partial charge in [0.1, 0.15) is 0 Å². The minimum absolute atomic E-state index is 0.197. The van der Waals surface area contributed by atoms with Gasteiger partial charge in [0.2, 0.25) is 0 Å². The minimum Gasteiger partial charge on any atom is -0.378 e. The second-order valence-corrected chi connectivity index (χ2v) is 6.70. The molecule has 19 heavy (non-hydrogen) atoms. The molecule has 2 aliphatic carbocycles. The topological polar surface area (TPSA) is 45.0 Å². The van der Waals surface area contributed by atoms with Gasteiger partial charge in [-0.25, -0.2) is 0 Å². The Morgan fingerprint density at radius 3 is 2.63 bits per heavy atom. The standard InChI is InChI=1S/C16H28N2O/c1-4-19-15-10-14(16(15,2)3)18-13-9-7-5-6-8-12(13)11-17/h12-15,18H,4-10H2,1-3H3. The van der Waals surface area contributed by atoms with Crippen molar-refractivity contribution in [1.82, 2.24) is 5.32 Å². The van der Waals surface area contributed by atoms with Crippen LogP contribution in [0, 0.1) is 22.7 Å². The third-order valence-corrected chi connectivity index (χ3v) is 5.14. The molecule has 0 saturated heterocycles. The molecule has 2 fully saturated rings. The molecule has 0 aliphatic heterocycles. The lowest BCUT2D eigenvalue weighted by Gasteiger charge is -2.53. The first-order valence-corrected chi connectivity index (χ1v) is 7.86. The Bertz CT molecular complexity index is 334. The lowest BCUT2D eigenvalue weighted by molar-refractivity contribution is -0.117. The maximum absolute atomic E-state index is 9.34. The third kappa shape index (κ3) is 3.12. The maximum atomic E-state index is 9.34. The van der Waals surface area contributed by atoms with Crippen molar-refractivity contribution in [3.05, 3.63) is 0 Å². The van der Waals surface area contributed by atoms with Crippen LogP contribution in [0.1, 0.15) is 59.3 Å². The summed E-state index contributed by atoms with van der Waals surface area (Å²) in [6.07, 6.45) is 7.45. The Balaban J connectivity index is 1.92. The first-order valence-electron chi connectivity index (χ1n) is 7.86. The number of nitriles is 1. The zero-order valence-corrected chi connectivity index (χ0v) is 12.6. The van der Waals surface area contributed by atoms with Gasteiger partial charge in [-0.3, -0.25) is 0 Å². The maximum Gasteiger partial charge on any atom is 0.0672 e. The number of ether oxygens (including phenoxy) is 1. The summed E-state index contributed by atoms with van der Waals surface area (Å²) in [5, 5.41) is 13.1. The van der Waals surface area contributed by atoms with E-state index in [2.05, 4.69) is 32.2 Å². The molecular formula is C16H28N2O. The van der Waals surface area contributed by atoms with Gasteiger partial charge in [-0.05, 0) is 26.2 Å². The average molecular weight is 264 g/mol. The van der Waals surface area contributed by atoms with Gasteiger partial charge in [-0.15, -0.1) is 0 Å². The second-order valence-electron chi connectivity index (χ2n) is 6.70. The summed E-state index contributed by atoms with van der Waals surface area (Å²) < 4.78 is 5.79. The van der Waals surface area contributed by atoms with E-state index in [1.165, 1.54) is 19.3 Å². The highest BCUT2D eigenvalue weighted by atomic mass is 16.5. The Kier molecular flexibility index (Phi) is 4.86. The summed E-state index contributed by atoms with van der Waals surface area (Å²) in [5.41, 5.74) is 0.197. The molecule has 2 saturated carbocycles. The molecule has 2 aliphatic rings. The number of nitrogens with zero attached hydrogens (tertiary/aromatic N) is 1. The van der Waals surface area contributed by atoms with Crippen molar-refractivity contribution >= 4 is 0 Å². The summed E-state index contributed by atoms with van der Waals surface area (Å²) in [6.45, 7) is 7.43. The largest absolute Gasteiger partial charge is 0.378 e. The summed E-state index contributed by atoms with van der Waals surface area (Å²) in [7, 11) is 0. The monoisotopic (exact) mass is 264 g/mol. The molecule has 0 amide bonds. The number of hydrogen-bond donors (Lipinski definition) is 1. The molecule has 4 unspecified atom stereocenters. The van der Waals surface area contributed by atoms with Crippen molar-refractivity contribution in [2.45, 2.75) is 77.5 Å². The van der Waals surface area contributed by atoms with E-state index in [0.717, 1.165) is 25.9 Å². The Morgan fingerprint density at radius 1 is 1.26 bits per heavy atom. The van der Waals surface area contributed by atoms with E-state index in [9.17, 15) is 5.26 Å². The molecule has 0 aromatic heterocycles. The zero-order valence-electron chi connectivity index (χ0n) is 12.6.